The van der Waals surface area contributed by atoms with Crippen LogP contribution in [0.2, 0.25) is 0 Å². The van der Waals surface area contributed by atoms with Crippen molar-refractivity contribution in [1.82, 2.24) is 0 Å². The Morgan fingerprint density at radius 1 is 1.69 bits per heavy atom. The summed E-state index contributed by atoms with van der Waals surface area (Å²) >= 11 is 0. The second-order valence-electron chi connectivity index (χ2n) is 3.89. The molecule has 1 aliphatic rings. The number of hydrogen-bond donors (Lipinski definition) is 1. The number of nitrogens with zero attached hydrogens (tertiary/aromatic N) is 1. The molecule has 1 heterocycles. The maximum atomic E-state index is 9.25. The van der Waals surface area contributed by atoms with Crippen molar-refractivity contribution in [2.75, 3.05) is 6.61 Å². The molecule has 0 aromatic rings. The third kappa shape index (κ3) is 3.19. The minimum Gasteiger partial charge on any atom is -0.475 e. The largest absolute Gasteiger partial charge is 0.475 e. The minimum atomic E-state index is -0.394. The minimum absolute atomic E-state index is 0.114. The van der Waals surface area contributed by atoms with Crippen LogP contribution in [-0.2, 0) is 4.74 Å². The number of hydrogen-bond acceptors (Lipinski definition) is 3. The Morgan fingerprint density at radius 3 is 2.85 bits per heavy atom. The predicted molar refractivity (Wildman–Crippen MR) is 52.9 cm³/mol. The maximum Gasteiger partial charge on any atom is 0.209 e. The number of rotatable bonds is 3. The molecule has 0 amide bonds. The van der Waals surface area contributed by atoms with Gasteiger partial charge in [-0.2, -0.15) is 0 Å². The lowest BCUT2D eigenvalue weighted by atomic mass is 10.1. The first-order valence-electron chi connectivity index (χ1n) is 4.62. The predicted octanol–water partition coefficient (Wildman–Crippen LogP) is 1.52. The van der Waals surface area contributed by atoms with Crippen LogP contribution >= 0.6 is 0 Å². The molecule has 1 unspecified atom stereocenters. The van der Waals surface area contributed by atoms with Gasteiger partial charge in [0.15, 0.2) is 0 Å². The van der Waals surface area contributed by atoms with Crippen molar-refractivity contribution >= 4 is 5.90 Å². The smallest absolute Gasteiger partial charge is 0.209 e. The normalized spacial score (nSPS) is 22.9. The Balaban J connectivity index is 2.52. The lowest BCUT2D eigenvalue weighted by Gasteiger charge is -2.07. The fourth-order valence-electron chi connectivity index (χ4n) is 1.03. The summed E-state index contributed by atoms with van der Waals surface area (Å²) in [6.45, 7) is 6.58. The molecule has 0 aromatic heterocycles. The SMILES string of the molecule is CCC(O)C=CC1=NC(C)(C)CO1. The topological polar surface area (TPSA) is 41.8 Å². The highest BCUT2D eigenvalue weighted by Gasteiger charge is 2.24. The van der Waals surface area contributed by atoms with Crippen LogP contribution in [0.5, 0.6) is 0 Å². The Hall–Kier alpha value is -0.830. The fraction of sp³-hybridized carbons (Fsp3) is 0.700. The summed E-state index contributed by atoms with van der Waals surface area (Å²) in [6, 6.07) is 0. The molecule has 74 valence electrons. The van der Waals surface area contributed by atoms with Gasteiger partial charge in [-0.25, -0.2) is 4.99 Å². The zero-order valence-corrected chi connectivity index (χ0v) is 8.45. The molecular weight excluding hydrogens is 166 g/mol. The Kier molecular flexibility index (Phi) is 3.09. The van der Waals surface area contributed by atoms with Gasteiger partial charge in [-0.15, -0.1) is 0 Å². The van der Waals surface area contributed by atoms with Crippen LogP contribution in [0.15, 0.2) is 17.1 Å². The van der Waals surface area contributed by atoms with Crippen LogP contribution in [0.25, 0.3) is 0 Å². The van der Waals surface area contributed by atoms with Crippen molar-refractivity contribution in [2.45, 2.75) is 38.8 Å². The summed E-state index contributed by atoms with van der Waals surface area (Å²) in [5.41, 5.74) is -0.114. The molecule has 0 aromatic carbocycles. The summed E-state index contributed by atoms with van der Waals surface area (Å²) in [7, 11) is 0. The Bertz CT molecular complexity index is 231. The zero-order chi connectivity index (χ0) is 9.90. The van der Waals surface area contributed by atoms with E-state index >= 15 is 0 Å². The Morgan fingerprint density at radius 2 is 2.38 bits per heavy atom. The molecule has 0 radical (unpaired) electrons. The van der Waals surface area contributed by atoms with Crippen molar-refractivity contribution in [3.05, 3.63) is 12.2 Å². The van der Waals surface area contributed by atoms with E-state index in [1.165, 1.54) is 0 Å². The second-order valence-corrected chi connectivity index (χ2v) is 3.89. The van der Waals surface area contributed by atoms with Crippen molar-refractivity contribution in [1.29, 1.82) is 0 Å². The number of aliphatic hydroxyl groups is 1. The highest BCUT2D eigenvalue weighted by atomic mass is 16.5. The molecular formula is C10H17NO2. The quantitative estimate of drug-likeness (QED) is 0.720. The first-order chi connectivity index (χ1) is 6.03. The number of aliphatic hydroxyl groups excluding tert-OH is 1. The summed E-state index contributed by atoms with van der Waals surface area (Å²) in [5, 5.41) is 9.25. The highest BCUT2D eigenvalue weighted by Crippen LogP contribution is 2.17. The molecule has 1 aliphatic heterocycles. The van der Waals surface area contributed by atoms with Crippen LogP contribution in [0.3, 0.4) is 0 Å². The van der Waals surface area contributed by atoms with E-state index in [9.17, 15) is 5.11 Å². The van der Waals surface area contributed by atoms with Crippen LogP contribution < -0.4 is 0 Å². The summed E-state index contributed by atoms with van der Waals surface area (Å²) in [5.74, 6) is 0.623. The molecule has 0 spiro atoms. The van der Waals surface area contributed by atoms with E-state index in [-0.39, 0.29) is 5.54 Å². The molecule has 3 nitrogen and oxygen atoms in total. The second kappa shape index (κ2) is 3.92. The molecule has 0 saturated heterocycles. The Labute approximate surface area is 79.1 Å². The van der Waals surface area contributed by atoms with Gasteiger partial charge >= 0.3 is 0 Å². The van der Waals surface area contributed by atoms with Gasteiger partial charge in [-0.3, -0.25) is 0 Å². The van der Waals surface area contributed by atoms with E-state index in [1.54, 1.807) is 12.2 Å². The van der Waals surface area contributed by atoms with Gasteiger partial charge in [0.2, 0.25) is 5.90 Å². The van der Waals surface area contributed by atoms with E-state index in [1.807, 2.05) is 20.8 Å². The average Bonchev–Trinajstić information content (AvgIpc) is 2.41. The number of aliphatic imine (C=N–C) groups is 1. The van der Waals surface area contributed by atoms with Gasteiger partial charge in [0.25, 0.3) is 0 Å². The summed E-state index contributed by atoms with van der Waals surface area (Å²) < 4.78 is 5.32. The molecule has 13 heavy (non-hydrogen) atoms. The van der Waals surface area contributed by atoms with Gasteiger partial charge in [0, 0.05) is 0 Å². The summed E-state index contributed by atoms with van der Waals surface area (Å²) in [4.78, 5) is 4.32. The molecule has 1 atom stereocenters. The average molecular weight is 183 g/mol. The third-order valence-electron chi connectivity index (χ3n) is 1.87. The van der Waals surface area contributed by atoms with Crippen LogP contribution in [-0.4, -0.2) is 29.3 Å². The molecule has 1 rings (SSSR count). The monoisotopic (exact) mass is 183 g/mol. The lowest BCUT2D eigenvalue weighted by molar-refractivity contribution is 0.219. The van der Waals surface area contributed by atoms with Crippen LogP contribution in [0.4, 0.5) is 0 Å². The van der Waals surface area contributed by atoms with E-state index in [0.717, 1.165) is 0 Å². The van der Waals surface area contributed by atoms with Crippen molar-refractivity contribution in [3.63, 3.8) is 0 Å². The highest BCUT2D eigenvalue weighted by molar-refractivity contribution is 5.89. The molecule has 1 N–H and O–H groups in total. The first-order valence-corrected chi connectivity index (χ1v) is 4.62. The first kappa shape index (κ1) is 10.3. The van der Waals surface area contributed by atoms with Gasteiger partial charge in [0.05, 0.1) is 11.6 Å². The van der Waals surface area contributed by atoms with Gasteiger partial charge in [-0.05, 0) is 26.3 Å². The third-order valence-corrected chi connectivity index (χ3v) is 1.87. The van der Waals surface area contributed by atoms with E-state index in [2.05, 4.69) is 4.99 Å². The van der Waals surface area contributed by atoms with Crippen LogP contribution in [0, 0.1) is 0 Å². The molecule has 0 aliphatic carbocycles. The molecule has 0 fully saturated rings. The maximum absolute atomic E-state index is 9.25. The number of ether oxygens (including phenoxy) is 1. The van der Waals surface area contributed by atoms with Crippen molar-refractivity contribution in [3.8, 4) is 0 Å². The van der Waals surface area contributed by atoms with E-state index in [4.69, 9.17) is 4.74 Å². The van der Waals surface area contributed by atoms with E-state index < -0.39 is 6.10 Å². The molecule has 3 heteroatoms. The summed E-state index contributed by atoms with van der Waals surface area (Å²) in [6.07, 6.45) is 3.77. The van der Waals surface area contributed by atoms with Crippen molar-refractivity contribution in [2.24, 2.45) is 4.99 Å². The van der Waals surface area contributed by atoms with Gasteiger partial charge in [-0.1, -0.05) is 13.0 Å². The fourth-order valence-corrected chi connectivity index (χ4v) is 1.03. The molecule has 0 bridgehead atoms. The standard InChI is InChI=1S/C10H17NO2/c1-4-8(12)5-6-9-11-10(2,3)7-13-9/h5-6,8,12H,4,7H2,1-3H3. The lowest BCUT2D eigenvalue weighted by Crippen LogP contribution is -2.17. The van der Waals surface area contributed by atoms with Crippen LogP contribution in [0.1, 0.15) is 27.2 Å². The zero-order valence-electron chi connectivity index (χ0n) is 8.45. The van der Waals surface area contributed by atoms with Crippen molar-refractivity contribution < 1.29 is 9.84 Å². The van der Waals surface area contributed by atoms with E-state index in [0.29, 0.717) is 18.9 Å². The molecule has 0 saturated carbocycles. The van der Waals surface area contributed by atoms with Gasteiger partial charge < -0.3 is 9.84 Å². The van der Waals surface area contributed by atoms with Gasteiger partial charge in [0.1, 0.15) is 6.61 Å².